The first-order chi connectivity index (χ1) is 13.7. The van der Waals surface area contributed by atoms with Gasteiger partial charge in [0, 0.05) is 14.0 Å². The normalized spacial score (nSPS) is 17.2. The van der Waals surface area contributed by atoms with Crippen LogP contribution in [0.15, 0.2) is 30.3 Å². The molecular formula is C21H31N3O5. The Bertz CT molecular complexity index is 716. The van der Waals surface area contributed by atoms with Crippen molar-refractivity contribution < 1.29 is 24.2 Å². The van der Waals surface area contributed by atoms with Gasteiger partial charge in [-0.2, -0.15) is 0 Å². The molecule has 0 bridgehead atoms. The van der Waals surface area contributed by atoms with Crippen LogP contribution in [0.1, 0.15) is 38.9 Å². The summed E-state index contributed by atoms with van der Waals surface area (Å²) in [7, 11) is 1.53. The predicted molar refractivity (Wildman–Crippen MR) is 108 cm³/mol. The summed E-state index contributed by atoms with van der Waals surface area (Å²) in [5, 5.41) is 15.6. The molecule has 1 saturated heterocycles. The average Bonchev–Trinajstić information content (AvgIpc) is 2.65. The van der Waals surface area contributed by atoms with Crippen LogP contribution in [-0.2, 0) is 19.1 Å². The second kappa shape index (κ2) is 9.84. The molecule has 2 rings (SSSR count). The molecule has 0 saturated carbocycles. The van der Waals surface area contributed by atoms with Crippen molar-refractivity contribution in [2.75, 3.05) is 26.7 Å². The molecule has 0 spiro atoms. The first-order valence-electron chi connectivity index (χ1n) is 9.79. The number of aliphatic hydroxyl groups is 1. The van der Waals surface area contributed by atoms with Crippen LogP contribution in [0.5, 0.6) is 0 Å². The van der Waals surface area contributed by atoms with E-state index in [1.807, 2.05) is 19.9 Å². The first-order valence-corrected chi connectivity index (χ1v) is 9.79. The lowest BCUT2D eigenvalue weighted by Crippen LogP contribution is -2.70. The SMILES string of the molecule is COC1(CNC(=O)[C@H](O)c2ccccc2)CN(C(=O)C(CC(C)C)NC(C)=O)C1. The number of hydrogen-bond donors (Lipinski definition) is 3. The van der Waals surface area contributed by atoms with Gasteiger partial charge in [-0.1, -0.05) is 44.2 Å². The predicted octanol–water partition coefficient (Wildman–Crippen LogP) is 0.614. The fourth-order valence-corrected chi connectivity index (χ4v) is 3.41. The molecule has 0 aromatic heterocycles. The van der Waals surface area contributed by atoms with Gasteiger partial charge in [-0.15, -0.1) is 0 Å². The average molecular weight is 405 g/mol. The summed E-state index contributed by atoms with van der Waals surface area (Å²) in [6.07, 6.45) is -0.715. The third kappa shape index (κ3) is 6.01. The van der Waals surface area contributed by atoms with Gasteiger partial charge in [-0.3, -0.25) is 14.4 Å². The largest absolute Gasteiger partial charge is 0.378 e. The van der Waals surface area contributed by atoms with E-state index in [0.29, 0.717) is 25.1 Å². The number of nitrogens with zero attached hydrogens (tertiary/aromatic N) is 1. The van der Waals surface area contributed by atoms with Crippen molar-refractivity contribution in [2.45, 2.75) is 44.9 Å². The summed E-state index contributed by atoms with van der Waals surface area (Å²) < 4.78 is 5.55. The standard InChI is InChI=1S/C21H31N3O5/c1-14(2)10-17(23-15(3)25)20(28)24-12-21(13-24,29-4)11-22-19(27)18(26)16-8-6-5-7-9-16/h5-9,14,17-18,26H,10-13H2,1-4H3,(H,22,27)(H,23,25)/t17?,18-/m1/s1. The highest BCUT2D eigenvalue weighted by Crippen LogP contribution is 2.26. The van der Waals surface area contributed by atoms with E-state index in [1.54, 1.807) is 29.2 Å². The van der Waals surface area contributed by atoms with E-state index in [1.165, 1.54) is 14.0 Å². The lowest BCUT2D eigenvalue weighted by molar-refractivity contribution is -0.165. The molecule has 1 aliphatic rings. The van der Waals surface area contributed by atoms with Crippen LogP contribution in [-0.4, -0.2) is 66.1 Å². The van der Waals surface area contributed by atoms with E-state index in [0.717, 1.165) is 0 Å². The molecule has 29 heavy (non-hydrogen) atoms. The van der Waals surface area contributed by atoms with Crippen LogP contribution < -0.4 is 10.6 Å². The van der Waals surface area contributed by atoms with Crippen LogP contribution in [0.4, 0.5) is 0 Å². The second-order valence-corrected chi connectivity index (χ2v) is 8.00. The van der Waals surface area contributed by atoms with Crippen molar-refractivity contribution in [2.24, 2.45) is 5.92 Å². The van der Waals surface area contributed by atoms with Crippen molar-refractivity contribution in [1.29, 1.82) is 0 Å². The molecule has 8 nitrogen and oxygen atoms in total. The summed E-state index contributed by atoms with van der Waals surface area (Å²) >= 11 is 0. The molecule has 3 N–H and O–H groups in total. The van der Waals surface area contributed by atoms with Crippen LogP contribution in [0.25, 0.3) is 0 Å². The third-order valence-corrected chi connectivity index (χ3v) is 5.03. The van der Waals surface area contributed by atoms with Gasteiger partial charge in [0.05, 0.1) is 19.6 Å². The van der Waals surface area contributed by atoms with Gasteiger partial charge in [-0.05, 0) is 17.9 Å². The van der Waals surface area contributed by atoms with Crippen LogP contribution in [0, 0.1) is 5.92 Å². The molecule has 3 amide bonds. The fourth-order valence-electron chi connectivity index (χ4n) is 3.41. The minimum absolute atomic E-state index is 0.155. The molecule has 1 heterocycles. The number of nitrogens with one attached hydrogen (secondary N) is 2. The zero-order valence-electron chi connectivity index (χ0n) is 17.5. The highest BCUT2D eigenvalue weighted by Gasteiger charge is 2.47. The summed E-state index contributed by atoms with van der Waals surface area (Å²) in [5.41, 5.74) is -0.200. The van der Waals surface area contributed by atoms with Gasteiger partial charge in [0.25, 0.3) is 5.91 Å². The lowest BCUT2D eigenvalue weighted by Gasteiger charge is -2.50. The fraction of sp³-hybridized carbons (Fsp3) is 0.571. The molecule has 160 valence electrons. The van der Waals surface area contributed by atoms with Gasteiger partial charge >= 0.3 is 0 Å². The molecule has 1 aromatic carbocycles. The van der Waals surface area contributed by atoms with Gasteiger partial charge in [-0.25, -0.2) is 0 Å². The third-order valence-electron chi connectivity index (χ3n) is 5.03. The van der Waals surface area contributed by atoms with Crippen molar-refractivity contribution in [3.05, 3.63) is 35.9 Å². The van der Waals surface area contributed by atoms with Crippen LogP contribution in [0.2, 0.25) is 0 Å². The highest BCUT2D eigenvalue weighted by molar-refractivity contribution is 5.87. The van der Waals surface area contributed by atoms with E-state index in [-0.39, 0.29) is 24.3 Å². The molecular weight excluding hydrogens is 374 g/mol. The number of amides is 3. The van der Waals surface area contributed by atoms with Gasteiger partial charge < -0.3 is 25.4 Å². The summed E-state index contributed by atoms with van der Waals surface area (Å²) in [5.74, 6) is -0.668. The highest BCUT2D eigenvalue weighted by atomic mass is 16.5. The Balaban J connectivity index is 1.91. The monoisotopic (exact) mass is 405 g/mol. The number of likely N-dealkylation sites (tertiary alicyclic amines) is 1. The number of carbonyl (C=O) groups is 3. The summed E-state index contributed by atoms with van der Waals surface area (Å²) in [6.45, 7) is 6.15. The maximum absolute atomic E-state index is 12.8. The van der Waals surface area contributed by atoms with Crippen molar-refractivity contribution in [3.8, 4) is 0 Å². The van der Waals surface area contributed by atoms with Crippen molar-refractivity contribution in [1.82, 2.24) is 15.5 Å². The Morgan fingerprint density at radius 3 is 2.34 bits per heavy atom. The molecule has 1 aliphatic heterocycles. The zero-order chi connectivity index (χ0) is 21.6. The van der Waals surface area contributed by atoms with Crippen molar-refractivity contribution in [3.63, 3.8) is 0 Å². The topological polar surface area (TPSA) is 108 Å². The molecule has 8 heteroatoms. The van der Waals surface area contributed by atoms with Gasteiger partial charge in [0.15, 0.2) is 6.10 Å². The molecule has 0 aliphatic carbocycles. The maximum Gasteiger partial charge on any atom is 0.253 e. The Hall–Kier alpha value is -2.45. The van der Waals surface area contributed by atoms with Crippen LogP contribution >= 0.6 is 0 Å². The summed E-state index contributed by atoms with van der Waals surface area (Å²) in [6, 6.07) is 8.09. The van der Waals surface area contributed by atoms with E-state index < -0.39 is 23.7 Å². The molecule has 0 radical (unpaired) electrons. The molecule has 1 unspecified atom stereocenters. The van der Waals surface area contributed by atoms with E-state index in [9.17, 15) is 19.5 Å². The molecule has 1 fully saturated rings. The smallest absolute Gasteiger partial charge is 0.253 e. The Kier molecular flexibility index (Phi) is 7.75. The Morgan fingerprint density at radius 1 is 1.21 bits per heavy atom. The Morgan fingerprint density at radius 2 is 1.83 bits per heavy atom. The quantitative estimate of drug-likeness (QED) is 0.558. The lowest BCUT2D eigenvalue weighted by atomic mass is 9.91. The second-order valence-electron chi connectivity index (χ2n) is 8.00. The van der Waals surface area contributed by atoms with Gasteiger partial charge in [0.2, 0.25) is 11.8 Å². The number of hydrogen-bond acceptors (Lipinski definition) is 5. The Labute approximate surface area is 171 Å². The number of carbonyl (C=O) groups excluding carboxylic acids is 3. The molecule has 1 aromatic rings. The first kappa shape index (κ1) is 22.8. The van der Waals surface area contributed by atoms with Crippen LogP contribution in [0.3, 0.4) is 0 Å². The van der Waals surface area contributed by atoms with E-state index >= 15 is 0 Å². The minimum atomic E-state index is -1.27. The van der Waals surface area contributed by atoms with Gasteiger partial charge in [0.1, 0.15) is 11.6 Å². The number of ether oxygens (including phenoxy) is 1. The van der Waals surface area contributed by atoms with Crippen molar-refractivity contribution >= 4 is 17.7 Å². The number of methoxy groups -OCH3 is 1. The zero-order valence-corrected chi connectivity index (χ0v) is 17.5. The summed E-state index contributed by atoms with van der Waals surface area (Å²) in [4.78, 5) is 38.1. The number of aliphatic hydroxyl groups excluding tert-OH is 1. The minimum Gasteiger partial charge on any atom is -0.378 e. The van der Waals surface area contributed by atoms with E-state index in [4.69, 9.17) is 4.74 Å². The maximum atomic E-state index is 12.8. The number of rotatable bonds is 9. The number of benzene rings is 1. The van der Waals surface area contributed by atoms with E-state index in [2.05, 4.69) is 10.6 Å². The molecule has 2 atom stereocenters.